The van der Waals surface area contributed by atoms with E-state index in [2.05, 4.69) is 5.32 Å². The van der Waals surface area contributed by atoms with Crippen molar-refractivity contribution in [3.05, 3.63) is 29.8 Å². The molecular formula is C12H14FNO4S. The van der Waals surface area contributed by atoms with E-state index in [9.17, 15) is 17.6 Å². The molecule has 1 aromatic carbocycles. The molecule has 5 nitrogen and oxygen atoms in total. The first-order valence-corrected chi connectivity index (χ1v) is 7.20. The summed E-state index contributed by atoms with van der Waals surface area (Å²) in [6.07, 6.45) is -1.65. The number of hydrogen-bond donors (Lipinski definition) is 1. The van der Waals surface area contributed by atoms with Crippen LogP contribution in [0.1, 0.15) is 12.0 Å². The average molecular weight is 287 g/mol. The lowest BCUT2D eigenvalue weighted by Gasteiger charge is -2.10. The number of nitrogens with one attached hydrogen (secondary N) is 1. The molecule has 1 aromatic rings. The highest BCUT2D eigenvalue weighted by Crippen LogP contribution is 2.16. The van der Waals surface area contributed by atoms with E-state index in [1.807, 2.05) is 6.92 Å². The maximum atomic E-state index is 12.9. The molecule has 0 aromatic heterocycles. The average Bonchev–Trinajstić information content (AvgIpc) is 2.67. The van der Waals surface area contributed by atoms with Gasteiger partial charge in [-0.15, -0.1) is 0 Å². The summed E-state index contributed by atoms with van der Waals surface area (Å²) in [6.45, 7) is 1.58. The first-order chi connectivity index (χ1) is 8.88. The fourth-order valence-electron chi connectivity index (χ4n) is 1.76. The lowest BCUT2D eigenvalue weighted by atomic mass is 10.2. The van der Waals surface area contributed by atoms with Crippen molar-refractivity contribution in [1.29, 1.82) is 0 Å². The van der Waals surface area contributed by atoms with E-state index in [-0.39, 0.29) is 17.9 Å². The molecule has 19 heavy (non-hydrogen) atoms. The maximum absolute atomic E-state index is 12.9. The lowest BCUT2D eigenvalue weighted by Crippen LogP contribution is -2.31. The van der Waals surface area contributed by atoms with Gasteiger partial charge in [0.25, 0.3) is 16.0 Å². The summed E-state index contributed by atoms with van der Waals surface area (Å²) in [4.78, 5) is 11.0. The van der Waals surface area contributed by atoms with Crippen molar-refractivity contribution in [3.8, 4) is 0 Å². The molecule has 104 valence electrons. The quantitative estimate of drug-likeness (QED) is 0.836. The Morgan fingerprint density at radius 3 is 2.53 bits per heavy atom. The molecule has 0 spiro atoms. The van der Waals surface area contributed by atoms with Gasteiger partial charge in [0.2, 0.25) is 0 Å². The van der Waals surface area contributed by atoms with E-state index in [1.165, 1.54) is 12.1 Å². The molecule has 2 atom stereocenters. The number of rotatable bonds is 4. The van der Waals surface area contributed by atoms with Gasteiger partial charge in [0.05, 0.1) is 17.5 Å². The van der Waals surface area contributed by atoms with Crippen LogP contribution in [-0.2, 0) is 19.1 Å². The van der Waals surface area contributed by atoms with Crippen LogP contribution in [0.15, 0.2) is 29.2 Å². The third kappa shape index (κ3) is 3.30. The van der Waals surface area contributed by atoms with Crippen molar-refractivity contribution in [2.75, 3.05) is 6.61 Å². The Morgan fingerprint density at radius 1 is 1.37 bits per heavy atom. The molecule has 0 saturated carbocycles. The van der Waals surface area contributed by atoms with Gasteiger partial charge < -0.3 is 5.32 Å². The second kappa shape index (κ2) is 5.26. The normalized spacial score (nSPS) is 23.4. The second-order valence-corrected chi connectivity index (χ2v) is 6.08. The van der Waals surface area contributed by atoms with Crippen LogP contribution in [0.2, 0.25) is 0 Å². The van der Waals surface area contributed by atoms with Crippen LogP contribution >= 0.6 is 0 Å². The Morgan fingerprint density at radius 2 is 2.00 bits per heavy atom. The summed E-state index contributed by atoms with van der Waals surface area (Å²) in [5.41, 5.74) is 0.933. The van der Waals surface area contributed by atoms with Gasteiger partial charge in [-0.25, -0.2) is 4.39 Å². The molecule has 1 aliphatic rings. The largest absolute Gasteiger partial charge is 0.348 e. The van der Waals surface area contributed by atoms with Gasteiger partial charge >= 0.3 is 0 Å². The predicted octanol–water partition coefficient (Wildman–Crippen LogP) is 0.927. The van der Waals surface area contributed by atoms with Gasteiger partial charge in [-0.3, -0.25) is 8.98 Å². The van der Waals surface area contributed by atoms with Gasteiger partial charge in [-0.05, 0) is 19.1 Å². The summed E-state index contributed by atoms with van der Waals surface area (Å²) < 4.78 is 41.4. The van der Waals surface area contributed by atoms with Crippen LogP contribution in [-0.4, -0.2) is 33.1 Å². The minimum atomic E-state index is -3.87. The van der Waals surface area contributed by atoms with Gasteiger partial charge in [0, 0.05) is 6.42 Å². The molecule has 0 unspecified atom stereocenters. The Kier molecular flexibility index (Phi) is 3.86. The number of carbonyl (C=O) groups is 1. The van der Waals surface area contributed by atoms with Crippen LogP contribution in [0.3, 0.4) is 0 Å². The second-order valence-electron chi connectivity index (χ2n) is 4.46. The lowest BCUT2D eigenvalue weighted by molar-refractivity contribution is -0.123. The number of hydrogen-bond acceptors (Lipinski definition) is 4. The molecule has 0 radical (unpaired) electrons. The third-order valence-corrected chi connectivity index (χ3v) is 4.15. The van der Waals surface area contributed by atoms with E-state index >= 15 is 0 Å². The fourth-order valence-corrected chi connectivity index (χ4v) is 2.71. The van der Waals surface area contributed by atoms with E-state index in [1.54, 1.807) is 12.1 Å². The Bertz CT molecular complexity index is 570. The minimum absolute atomic E-state index is 0.0409. The molecule has 2 rings (SSSR count). The van der Waals surface area contributed by atoms with Crippen LogP contribution in [0.5, 0.6) is 0 Å². The summed E-state index contributed by atoms with van der Waals surface area (Å²) in [5.74, 6) is -0.721. The van der Waals surface area contributed by atoms with E-state index in [0.29, 0.717) is 0 Å². The zero-order chi connectivity index (χ0) is 14.0. The number of aryl methyl sites for hydroxylation is 1. The highest BCUT2D eigenvalue weighted by Gasteiger charge is 2.33. The fraction of sp³-hybridized carbons (Fsp3) is 0.417. The Balaban J connectivity index is 1.99. The zero-order valence-electron chi connectivity index (χ0n) is 10.3. The van der Waals surface area contributed by atoms with E-state index in [4.69, 9.17) is 4.18 Å². The molecule has 1 heterocycles. The third-order valence-electron chi connectivity index (χ3n) is 2.86. The van der Waals surface area contributed by atoms with Gasteiger partial charge in [-0.2, -0.15) is 8.42 Å². The van der Waals surface area contributed by atoms with Crippen molar-refractivity contribution < 1.29 is 21.8 Å². The molecule has 0 aliphatic carbocycles. The van der Waals surface area contributed by atoms with Crippen LogP contribution in [0.4, 0.5) is 4.39 Å². The van der Waals surface area contributed by atoms with Crippen molar-refractivity contribution in [2.45, 2.75) is 30.5 Å². The Labute approximate surface area is 110 Å². The topological polar surface area (TPSA) is 72.5 Å². The zero-order valence-corrected chi connectivity index (χ0v) is 11.1. The van der Waals surface area contributed by atoms with Crippen molar-refractivity contribution >= 4 is 16.0 Å². The molecule has 0 bridgehead atoms. The smallest absolute Gasteiger partial charge is 0.297 e. The summed E-state index contributed by atoms with van der Waals surface area (Å²) in [5, 5.41) is 2.33. The van der Waals surface area contributed by atoms with Crippen molar-refractivity contribution in [3.63, 3.8) is 0 Å². The summed E-state index contributed by atoms with van der Waals surface area (Å²) in [6, 6.07) is 5.59. The molecule has 1 saturated heterocycles. The van der Waals surface area contributed by atoms with Crippen molar-refractivity contribution in [2.24, 2.45) is 0 Å². The SMILES string of the molecule is Cc1ccc(S(=O)(=O)OC[C@H]2C[C@H](F)C(=O)N2)cc1. The molecule has 1 amide bonds. The summed E-state index contributed by atoms with van der Waals surface area (Å²) in [7, 11) is -3.87. The van der Waals surface area contributed by atoms with Crippen LogP contribution in [0.25, 0.3) is 0 Å². The molecular weight excluding hydrogens is 273 g/mol. The first-order valence-electron chi connectivity index (χ1n) is 5.79. The van der Waals surface area contributed by atoms with Gasteiger partial charge in [0.15, 0.2) is 6.17 Å². The predicted molar refractivity (Wildman–Crippen MR) is 65.8 cm³/mol. The molecule has 7 heteroatoms. The van der Waals surface area contributed by atoms with Crippen molar-refractivity contribution in [1.82, 2.24) is 5.32 Å². The Hall–Kier alpha value is -1.47. The highest BCUT2D eigenvalue weighted by molar-refractivity contribution is 7.86. The van der Waals surface area contributed by atoms with Gasteiger partial charge in [-0.1, -0.05) is 17.7 Å². The number of halogens is 1. The maximum Gasteiger partial charge on any atom is 0.297 e. The standard InChI is InChI=1S/C12H14FNO4S/c1-8-2-4-10(5-3-8)19(16,17)18-7-9-6-11(13)12(15)14-9/h2-5,9,11H,6-7H2,1H3,(H,14,15)/t9-,11+/m1/s1. The first kappa shape index (κ1) is 14.0. The number of amides is 1. The number of benzene rings is 1. The highest BCUT2D eigenvalue weighted by atomic mass is 32.2. The summed E-state index contributed by atoms with van der Waals surface area (Å²) >= 11 is 0. The number of alkyl halides is 1. The number of carbonyl (C=O) groups excluding carboxylic acids is 1. The minimum Gasteiger partial charge on any atom is -0.348 e. The van der Waals surface area contributed by atoms with E-state index in [0.717, 1.165) is 5.56 Å². The van der Waals surface area contributed by atoms with Gasteiger partial charge in [0.1, 0.15) is 0 Å². The molecule has 1 fully saturated rings. The monoisotopic (exact) mass is 287 g/mol. The van der Waals surface area contributed by atoms with Crippen LogP contribution < -0.4 is 5.32 Å². The molecule has 1 N–H and O–H groups in total. The van der Waals surface area contributed by atoms with Crippen LogP contribution in [0, 0.1) is 6.92 Å². The van der Waals surface area contributed by atoms with E-state index < -0.39 is 28.2 Å². The molecule has 1 aliphatic heterocycles.